The van der Waals surface area contributed by atoms with Crippen LogP contribution in [0, 0.1) is 0 Å². The lowest BCUT2D eigenvalue weighted by molar-refractivity contribution is -0.167. The molecule has 0 atom stereocenters. The Balaban J connectivity index is 1.81. The van der Waals surface area contributed by atoms with Gasteiger partial charge in [0, 0.05) is 5.69 Å². The third-order valence-electron chi connectivity index (χ3n) is 4.40. The number of anilines is 1. The van der Waals surface area contributed by atoms with Gasteiger partial charge in [-0.1, -0.05) is 37.5 Å². The summed E-state index contributed by atoms with van der Waals surface area (Å²) in [5.74, 6) is -0.239. The Morgan fingerprint density at radius 2 is 1.86 bits per heavy atom. The maximum Gasteiger partial charge on any atom is 0.332 e. The smallest absolute Gasteiger partial charge is 0.332 e. The van der Waals surface area contributed by atoms with Gasteiger partial charge in [0.2, 0.25) is 0 Å². The van der Waals surface area contributed by atoms with Gasteiger partial charge in [0.25, 0.3) is 0 Å². The summed E-state index contributed by atoms with van der Waals surface area (Å²) in [6.07, 6.45) is 4.44. The predicted octanol–water partition coefficient (Wildman–Crippen LogP) is 2.78. The first kappa shape index (κ1) is 13.9. The number of esters is 1. The minimum atomic E-state index is -0.755. The van der Waals surface area contributed by atoms with Gasteiger partial charge in [-0.2, -0.15) is 0 Å². The Hall–Kier alpha value is -2.04. The number of nitrogens with zero attached hydrogens (tertiary/aromatic N) is 1. The summed E-state index contributed by atoms with van der Waals surface area (Å²) in [6.45, 7) is 0.743. The number of cyclic esters (lactones) is 1. The van der Waals surface area contributed by atoms with Crippen molar-refractivity contribution in [1.29, 1.82) is 0 Å². The van der Waals surface area contributed by atoms with Gasteiger partial charge in [-0.05, 0) is 25.0 Å². The maximum atomic E-state index is 12.6. The minimum Gasteiger partial charge on any atom is -0.462 e. The zero-order chi connectivity index (χ0) is 14.7. The highest BCUT2D eigenvalue weighted by molar-refractivity contribution is 5.95. The SMILES string of the molecule is O=C(Nc1ccccc1)N1CCOC(=O)C12CCCCC2. The molecule has 0 unspecified atom stereocenters. The average Bonchev–Trinajstić information content (AvgIpc) is 2.52. The normalized spacial score (nSPS) is 21.0. The van der Waals surface area contributed by atoms with Crippen LogP contribution in [0.2, 0.25) is 0 Å². The molecule has 2 fully saturated rings. The molecule has 1 saturated heterocycles. The molecule has 1 aromatic carbocycles. The van der Waals surface area contributed by atoms with Crippen molar-refractivity contribution in [1.82, 2.24) is 4.90 Å². The van der Waals surface area contributed by atoms with Crippen molar-refractivity contribution in [2.24, 2.45) is 0 Å². The zero-order valence-electron chi connectivity index (χ0n) is 12.0. The number of ether oxygens (including phenoxy) is 1. The van der Waals surface area contributed by atoms with Gasteiger partial charge < -0.3 is 15.0 Å². The van der Waals surface area contributed by atoms with Crippen molar-refractivity contribution < 1.29 is 14.3 Å². The van der Waals surface area contributed by atoms with Crippen LogP contribution in [0.25, 0.3) is 0 Å². The summed E-state index contributed by atoms with van der Waals surface area (Å²) in [5, 5.41) is 2.88. The summed E-state index contributed by atoms with van der Waals surface area (Å²) in [7, 11) is 0. The Morgan fingerprint density at radius 1 is 1.14 bits per heavy atom. The van der Waals surface area contributed by atoms with Gasteiger partial charge in [-0.25, -0.2) is 9.59 Å². The molecular formula is C16H20N2O3. The van der Waals surface area contributed by atoms with E-state index in [0.29, 0.717) is 19.4 Å². The van der Waals surface area contributed by atoms with Crippen LogP contribution in [0.3, 0.4) is 0 Å². The number of morpholine rings is 1. The molecule has 1 aromatic rings. The molecule has 1 aliphatic carbocycles. The number of nitrogens with one attached hydrogen (secondary N) is 1. The summed E-state index contributed by atoms with van der Waals surface area (Å²) >= 11 is 0. The fourth-order valence-electron chi connectivity index (χ4n) is 3.31. The summed E-state index contributed by atoms with van der Waals surface area (Å²) in [6, 6.07) is 9.12. The van der Waals surface area contributed by atoms with Crippen molar-refractivity contribution in [3.63, 3.8) is 0 Å². The Labute approximate surface area is 124 Å². The molecular weight excluding hydrogens is 268 g/mol. The second kappa shape index (κ2) is 5.76. The van der Waals surface area contributed by atoms with E-state index in [1.165, 1.54) is 0 Å². The number of amides is 2. The van der Waals surface area contributed by atoms with E-state index in [4.69, 9.17) is 4.74 Å². The third kappa shape index (κ3) is 2.60. The third-order valence-corrected chi connectivity index (χ3v) is 4.40. The summed E-state index contributed by atoms with van der Waals surface area (Å²) in [4.78, 5) is 26.6. The predicted molar refractivity (Wildman–Crippen MR) is 78.9 cm³/mol. The lowest BCUT2D eigenvalue weighted by atomic mass is 9.79. The van der Waals surface area contributed by atoms with Crippen molar-refractivity contribution in [3.8, 4) is 0 Å². The number of benzene rings is 1. The lowest BCUT2D eigenvalue weighted by Gasteiger charge is -2.46. The van der Waals surface area contributed by atoms with Crippen LogP contribution in [-0.2, 0) is 9.53 Å². The highest BCUT2D eigenvalue weighted by atomic mass is 16.5. The topological polar surface area (TPSA) is 58.6 Å². The molecule has 1 N–H and O–H groups in total. The number of hydrogen-bond acceptors (Lipinski definition) is 3. The van der Waals surface area contributed by atoms with E-state index >= 15 is 0 Å². The van der Waals surface area contributed by atoms with Crippen LogP contribution in [0.4, 0.5) is 10.5 Å². The number of carbonyl (C=O) groups is 2. The van der Waals surface area contributed by atoms with Crippen LogP contribution in [-0.4, -0.2) is 35.6 Å². The molecule has 1 aliphatic heterocycles. The van der Waals surface area contributed by atoms with Crippen molar-refractivity contribution in [2.45, 2.75) is 37.6 Å². The monoisotopic (exact) mass is 288 g/mol. The minimum absolute atomic E-state index is 0.209. The fraction of sp³-hybridized carbons (Fsp3) is 0.500. The second-order valence-electron chi connectivity index (χ2n) is 5.68. The number of carbonyl (C=O) groups excluding carboxylic acids is 2. The van der Waals surface area contributed by atoms with E-state index < -0.39 is 5.54 Å². The molecule has 0 aromatic heterocycles. The highest BCUT2D eigenvalue weighted by Gasteiger charge is 2.50. The first-order valence-corrected chi connectivity index (χ1v) is 7.53. The quantitative estimate of drug-likeness (QED) is 0.808. The number of urea groups is 1. The van der Waals surface area contributed by atoms with Crippen LogP contribution in [0.5, 0.6) is 0 Å². The van der Waals surface area contributed by atoms with Gasteiger partial charge in [0.15, 0.2) is 0 Å². The van der Waals surface area contributed by atoms with Crippen molar-refractivity contribution >= 4 is 17.7 Å². The first-order valence-electron chi connectivity index (χ1n) is 7.53. The van der Waals surface area contributed by atoms with Crippen LogP contribution >= 0.6 is 0 Å². The molecule has 0 radical (unpaired) electrons. The Morgan fingerprint density at radius 3 is 2.57 bits per heavy atom. The average molecular weight is 288 g/mol. The van der Waals surface area contributed by atoms with Crippen molar-refractivity contribution in [2.75, 3.05) is 18.5 Å². The molecule has 5 nitrogen and oxygen atoms in total. The van der Waals surface area contributed by atoms with Gasteiger partial charge >= 0.3 is 12.0 Å². The van der Waals surface area contributed by atoms with Crippen LogP contribution in [0.15, 0.2) is 30.3 Å². The Kier molecular flexibility index (Phi) is 3.82. The molecule has 0 bridgehead atoms. The molecule has 1 saturated carbocycles. The number of hydrogen-bond donors (Lipinski definition) is 1. The van der Waals surface area contributed by atoms with E-state index in [-0.39, 0.29) is 18.6 Å². The molecule has 112 valence electrons. The van der Waals surface area contributed by atoms with Gasteiger partial charge in [0.1, 0.15) is 12.1 Å². The second-order valence-corrected chi connectivity index (χ2v) is 5.68. The molecule has 2 amide bonds. The zero-order valence-corrected chi connectivity index (χ0v) is 12.0. The van der Waals surface area contributed by atoms with E-state index in [1.54, 1.807) is 4.90 Å². The maximum absolute atomic E-state index is 12.6. The summed E-state index contributed by atoms with van der Waals surface area (Å²) in [5.41, 5.74) is -0.0116. The molecule has 1 spiro atoms. The molecule has 5 heteroatoms. The molecule has 2 aliphatic rings. The Bertz CT molecular complexity index is 524. The molecule has 21 heavy (non-hydrogen) atoms. The van der Waals surface area contributed by atoms with Crippen LogP contribution < -0.4 is 5.32 Å². The van der Waals surface area contributed by atoms with Crippen LogP contribution in [0.1, 0.15) is 32.1 Å². The summed E-state index contributed by atoms with van der Waals surface area (Å²) < 4.78 is 5.24. The molecule has 1 heterocycles. The van der Waals surface area contributed by atoms with Gasteiger partial charge in [-0.15, -0.1) is 0 Å². The fourth-order valence-corrected chi connectivity index (χ4v) is 3.31. The van der Waals surface area contributed by atoms with E-state index in [2.05, 4.69) is 5.32 Å². The number of rotatable bonds is 1. The van der Waals surface area contributed by atoms with Gasteiger partial charge in [0.05, 0.1) is 6.54 Å². The number of para-hydroxylation sites is 1. The standard InChI is InChI=1S/C16H20N2O3/c19-14-16(9-5-2-6-10-16)18(11-12-21-14)15(20)17-13-7-3-1-4-8-13/h1,3-4,7-8H,2,5-6,9-12H2,(H,17,20). The van der Waals surface area contributed by atoms with E-state index in [1.807, 2.05) is 30.3 Å². The van der Waals surface area contributed by atoms with Gasteiger partial charge in [-0.3, -0.25) is 0 Å². The first-order chi connectivity index (χ1) is 10.2. The molecule has 3 rings (SSSR count). The van der Waals surface area contributed by atoms with Crippen molar-refractivity contribution in [3.05, 3.63) is 30.3 Å². The largest absolute Gasteiger partial charge is 0.462 e. The van der Waals surface area contributed by atoms with E-state index in [0.717, 1.165) is 24.9 Å². The highest BCUT2D eigenvalue weighted by Crippen LogP contribution is 2.37. The van der Waals surface area contributed by atoms with E-state index in [9.17, 15) is 9.59 Å². The lowest BCUT2D eigenvalue weighted by Crippen LogP contribution is -2.63.